The number of para-hydroxylation sites is 1. The van der Waals surface area contributed by atoms with Gasteiger partial charge < -0.3 is 24.1 Å². The molecule has 2 heterocycles. The van der Waals surface area contributed by atoms with E-state index in [9.17, 15) is 18.0 Å². The number of nitrogens with one attached hydrogen (secondary N) is 1. The lowest BCUT2D eigenvalue weighted by Crippen LogP contribution is -2.40. The number of hydrogen-bond donors (Lipinski definition) is 1. The number of carbonyl (C=O) groups is 2. The summed E-state index contributed by atoms with van der Waals surface area (Å²) in [7, 11) is -2.34. The molecule has 184 valence electrons. The molecule has 0 spiro atoms. The highest BCUT2D eigenvalue weighted by Gasteiger charge is 2.28. The van der Waals surface area contributed by atoms with Crippen molar-refractivity contribution in [1.29, 1.82) is 0 Å². The predicted octanol–water partition coefficient (Wildman–Crippen LogP) is 2.80. The van der Waals surface area contributed by atoms with Crippen LogP contribution in [0.4, 0.5) is 5.69 Å². The summed E-state index contributed by atoms with van der Waals surface area (Å²) in [6.07, 6.45) is 1.37. The van der Waals surface area contributed by atoms with Gasteiger partial charge in [0.1, 0.15) is 5.75 Å². The summed E-state index contributed by atoms with van der Waals surface area (Å²) in [5, 5.41) is 2.68. The molecule has 4 rings (SSSR count). The third kappa shape index (κ3) is 5.88. The molecule has 1 aliphatic heterocycles. The fourth-order valence-corrected chi connectivity index (χ4v) is 4.91. The van der Waals surface area contributed by atoms with Gasteiger partial charge in [0, 0.05) is 20.1 Å². The van der Waals surface area contributed by atoms with Crippen LogP contribution in [0, 0.1) is 0 Å². The van der Waals surface area contributed by atoms with Crippen molar-refractivity contribution in [3.8, 4) is 11.5 Å². The summed E-state index contributed by atoms with van der Waals surface area (Å²) in [6, 6.07) is 16.3. The van der Waals surface area contributed by atoms with Crippen molar-refractivity contribution in [2.45, 2.75) is 4.90 Å². The third-order valence-corrected chi connectivity index (χ3v) is 7.16. The van der Waals surface area contributed by atoms with E-state index in [-0.39, 0.29) is 41.7 Å². The Morgan fingerprint density at radius 3 is 2.49 bits per heavy atom. The number of rotatable bonds is 8. The van der Waals surface area contributed by atoms with Gasteiger partial charge >= 0.3 is 0 Å². The Morgan fingerprint density at radius 2 is 1.80 bits per heavy atom. The molecule has 0 atom stereocenters. The van der Waals surface area contributed by atoms with Gasteiger partial charge in [-0.1, -0.05) is 18.2 Å². The Labute approximate surface area is 203 Å². The maximum atomic E-state index is 13.1. The zero-order valence-electron chi connectivity index (χ0n) is 19.0. The number of ether oxygens (including phenoxy) is 2. The monoisotopic (exact) mass is 499 g/mol. The summed E-state index contributed by atoms with van der Waals surface area (Å²) < 4.78 is 43.9. The van der Waals surface area contributed by atoms with Gasteiger partial charge in [-0.05, 0) is 42.5 Å². The van der Waals surface area contributed by atoms with Crippen LogP contribution in [-0.4, -0.2) is 69.3 Å². The van der Waals surface area contributed by atoms with E-state index in [0.29, 0.717) is 19.0 Å². The zero-order valence-corrected chi connectivity index (χ0v) is 19.9. The van der Waals surface area contributed by atoms with Gasteiger partial charge in [0.05, 0.1) is 36.6 Å². The van der Waals surface area contributed by atoms with Crippen molar-refractivity contribution in [2.75, 3.05) is 45.2 Å². The van der Waals surface area contributed by atoms with Gasteiger partial charge in [-0.25, -0.2) is 8.42 Å². The van der Waals surface area contributed by atoms with Crippen LogP contribution < -0.4 is 10.1 Å². The van der Waals surface area contributed by atoms with Crippen LogP contribution in [0.2, 0.25) is 0 Å². The number of hydrogen-bond acceptors (Lipinski definition) is 7. The summed E-state index contributed by atoms with van der Waals surface area (Å²) in [6.45, 7) is 0.824. The minimum Gasteiger partial charge on any atom is -0.459 e. The minimum absolute atomic E-state index is 0.00938. The summed E-state index contributed by atoms with van der Waals surface area (Å²) in [4.78, 5) is 26.4. The first-order valence-corrected chi connectivity index (χ1v) is 12.3. The van der Waals surface area contributed by atoms with E-state index < -0.39 is 21.8 Å². The molecule has 0 saturated carbocycles. The van der Waals surface area contributed by atoms with Crippen LogP contribution in [-0.2, 0) is 19.6 Å². The first-order chi connectivity index (χ1) is 16.8. The van der Waals surface area contributed by atoms with Gasteiger partial charge in [-0.15, -0.1) is 0 Å². The second kappa shape index (κ2) is 10.7. The van der Waals surface area contributed by atoms with Crippen molar-refractivity contribution < 1.29 is 31.9 Å². The Bertz CT molecular complexity index is 1270. The van der Waals surface area contributed by atoms with Crippen LogP contribution in [0.25, 0.3) is 0 Å². The standard InChI is InChI=1S/C24H25N3O7S/c1-26(24(29)22-8-5-13-33-22)17-23(28)25-20-16-19(35(30,31)27-11-14-32-15-12-27)9-10-21(20)34-18-6-3-2-4-7-18/h2-10,13,16H,11-12,14-15,17H2,1H3,(H,25,28). The van der Waals surface area contributed by atoms with Gasteiger partial charge in [0.15, 0.2) is 11.5 Å². The van der Waals surface area contributed by atoms with E-state index in [1.165, 1.54) is 46.8 Å². The number of likely N-dealkylation sites (N-methyl/N-ethyl adjacent to an activating group) is 1. The van der Waals surface area contributed by atoms with Gasteiger partial charge in [0.2, 0.25) is 15.9 Å². The number of nitrogens with zero attached hydrogens (tertiary/aromatic N) is 2. The highest BCUT2D eigenvalue weighted by Crippen LogP contribution is 2.33. The average molecular weight is 500 g/mol. The molecule has 1 aliphatic rings. The van der Waals surface area contributed by atoms with Gasteiger partial charge in [0.25, 0.3) is 5.91 Å². The maximum Gasteiger partial charge on any atom is 0.289 e. The van der Waals surface area contributed by atoms with Crippen molar-refractivity contribution in [1.82, 2.24) is 9.21 Å². The molecular formula is C24H25N3O7S. The van der Waals surface area contributed by atoms with E-state index in [0.717, 1.165) is 0 Å². The SMILES string of the molecule is CN(CC(=O)Nc1cc(S(=O)(=O)N2CCOCC2)ccc1Oc1ccccc1)C(=O)c1ccco1. The summed E-state index contributed by atoms with van der Waals surface area (Å²) in [5.41, 5.74) is 0.159. The Kier molecular flexibility index (Phi) is 7.49. The minimum atomic E-state index is -3.81. The van der Waals surface area contributed by atoms with Gasteiger partial charge in [-0.2, -0.15) is 4.31 Å². The van der Waals surface area contributed by atoms with Crippen LogP contribution in [0.5, 0.6) is 11.5 Å². The fourth-order valence-electron chi connectivity index (χ4n) is 3.47. The molecule has 35 heavy (non-hydrogen) atoms. The number of amides is 2. The summed E-state index contributed by atoms with van der Waals surface area (Å²) >= 11 is 0. The molecule has 0 unspecified atom stereocenters. The van der Waals surface area contributed by atoms with Crippen molar-refractivity contribution >= 4 is 27.5 Å². The molecule has 1 saturated heterocycles. The topological polar surface area (TPSA) is 118 Å². The van der Waals surface area contributed by atoms with Crippen LogP contribution in [0.3, 0.4) is 0 Å². The molecule has 1 aromatic heterocycles. The normalized spacial score (nSPS) is 14.3. The van der Waals surface area contributed by atoms with E-state index in [2.05, 4.69) is 5.32 Å². The average Bonchev–Trinajstić information content (AvgIpc) is 3.40. The molecule has 1 N–H and O–H groups in total. The molecule has 0 radical (unpaired) electrons. The second-order valence-corrected chi connectivity index (χ2v) is 9.71. The van der Waals surface area contributed by atoms with Crippen molar-refractivity contribution in [2.24, 2.45) is 0 Å². The van der Waals surface area contributed by atoms with Crippen LogP contribution in [0.15, 0.2) is 76.2 Å². The molecule has 3 aromatic rings. The maximum absolute atomic E-state index is 13.1. The molecule has 10 nitrogen and oxygen atoms in total. The lowest BCUT2D eigenvalue weighted by molar-refractivity contribution is -0.116. The molecule has 11 heteroatoms. The quantitative estimate of drug-likeness (QED) is 0.506. The third-order valence-electron chi connectivity index (χ3n) is 5.26. The van der Waals surface area contributed by atoms with Crippen LogP contribution >= 0.6 is 0 Å². The second-order valence-electron chi connectivity index (χ2n) is 7.78. The highest BCUT2D eigenvalue weighted by molar-refractivity contribution is 7.89. The molecular weight excluding hydrogens is 474 g/mol. The Morgan fingerprint density at radius 1 is 1.06 bits per heavy atom. The highest BCUT2D eigenvalue weighted by atomic mass is 32.2. The fraction of sp³-hybridized carbons (Fsp3) is 0.250. The predicted molar refractivity (Wildman–Crippen MR) is 127 cm³/mol. The van der Waals surface area contributed by atoms with E-state index in [1.807, 2.05) is 6.07 Å². The lowest BCUT2D eigenvalue weighted by Gasteiger charge is -2.26. The Hall–Kier alpha value is -3.67. The molecule has 2 amide bonds. The largest absolute Gasteiger partial charge is 0.459 e. The molecule has 1 fully saturated rings. The van der Waals surface area contributed by atoms with E-state index in [4.69, 9.17) is 13.9 Å². The summed E-state index contributed by atoms with van der Waals surface area (Å²) in [5.74, 6) is -0.129. The smallest absolute Gasteiger partial charge is 0.289 e. The molecule has 0 bridgehead atoms. The zero-order chi connectivity index (χ0) is 24.8. The number of sulfonamides is 1. The molecule has 2 aromatic carbocycles. The lowest BCUT2D eigenvalue weighted by atomic mass is 10.2. The van der Waals surface area contributed by atoms with E-state index in [1.54, 1.807) is 30.3 Å². The molecule has 0 aliphatic carbocycles. The number of carbonyl (C=O) groups excluding carboxylic acids is 2. The Balaban J connectivity index is 1.58. The number of benzene rings is 2. The van der Waals surface area contributed by atoms with E-state index >= 15 is 0 Å². The first kappa shape index (κ1) is 24.5. The van der Waals surface area contributed by atoms with Crippen molar-refractivity contribution in [3.05, 3.63) is 72.7 Å². The van der Waals surface area contributed by atoms with Crippen LogP contribution in [0.1, 0.15) is 10.6 Å². The number of anilines is 1. The van der Waals surface area contributed by atoms with Crippen molar-refractivity contribution in [3.63, 3.8) is 0 Å². The first-order valence-electron chi connectivity index (χ1n) is 10.9. The van der Waals surface area contributed by atoms with Gasteiger partial charge in [-0.3, -0.25) is 9.59 Å². The number of furan rings is 1. The number of morpholine rings is 1.